The van der Waals surface area contributed by atoms with E-state index >= 15 is 0 Å². The maximum absolute atomic E-state index is 11.8. The van der Waals surface area contributed by atoms with E-state index in [1.54, 1.807) is 20.8 Å². The molecule has 3 N–H and O–H groups in total. The first-order valence-electron chi connectivity index (χ1n) is 8.76. The number of rotatable bonds is 7. The largest absolute Gasteiger partial charge is 0.444 e. The average Bonchev–Trinajstić information content (AvgIpc) is 2.49. The molecule has 0 radical (unpaired) electrons. The molecule has 24 heavy (non-hydrogen) atoms. The first kappa shape index (κ1) is 20.3. The van der Waals surface area contributed by atoms with Gasteiger partial charge in [0.2, 0.25) is 11.8 Å². The van der Waals surface area contributed by atoms with Crippen LogP contribution in [-0.2, 0) is 14.3 Å². The summed E-state index contributed by atoms with van der Waals surface area (Å²) in [5.74, 6) is 0.233. The van der Waals surface area contributed by atoms with Crippen molar-refractivity contribution in [1.29, 1.82) is 0 Å². The Balaban J connectivity index is 2.04. The molecule has 0 saturated heterocycles. The van der Waals surface area contributed by atoms with Gasteiger partial charge < -0.3 is 20.7 Å². The maximum Gasteiger partial charge on any atom is 0.408 e. The fourth-order valence-corrected chi connectivity index (χ4v) is 2.66. The minimum absolute atomic E-state index is 0.0445. The second kappa shape index (κ2) is 10.2. The Hall–Kier alpha value is -1.79. The average molecular weight is 341 g/mol. The molecule has 0 bridgehead atoms. The first-order valence-corrected chi connectivity index (χ1v) is 8.76. The standard InChI is InChI=1S/C17H31N3O4/c1-17(2,3)24-16(23)20-12-15(22)19-10-9-18-14(21)11-13-7-5-4-6-8-13/h13H,4-12H2,1-3H3,(H,18,21)(H,19,22)(H,20,23). The Morgan fingerprint density at radius 3 is 2.08 bits per heavy atom. The van der Waals surface area contributed by atoms with Crippen molar-refractivity contribution < 1.29 is 19.1 Å². The highest BCUT2D eigenvalue weighted by Gasteiger charge is 2.17. The van der Waals surface area contributed by atoms with Gasteiger partial charge in [0, 0.05) is 19.5 Å². The van der Waals surface area contributed by atoms with Crippen molar-refractivity contribution in [2.75, 3.05) is 19.6 Å². The number of nitrogens with one attached hydrogen (secondary N) is 3. The Kier molecular flexibility index (Phi) is 8.57. The van der Waals surface area contributed by atoms with Gasteiger partial charge in [-0.2, -0.15) is 0 Å². The molecule has 0 heterocycles. The summed E-state index contributed by atoms with van der Waals surface area (Å²) in [5, 5.41) is 7.83. The van der Waals surface area contributed by atoms with E-state index in [9.17, 15) is 14.4 Å². The number of carbonyl (C=O) groups excluding carboxylic acids is 3. The van der Waals surface area contributed by atoms with Gasteiger partial charge >= 0.3 is 6.09 Å². The summed E-state index contributed by atoms with van der Waals surface area (Å²) in [5.41, 5.74) is -0.594. The molecule has 0 aromatic carbocycles. The molecule has 3 amide bonds. The number of amides is 3. The van der Waals surface area contributed by atoms with Crippen LogP contribution in [0.1, 0.15) is 59.3 Å². The third kappa shape index (κ3) is 10.1. The van der Waals surface area contributed by atoms with Crippen LogP contribution in [0, 0.1) is 5.92 Å². The SMILES string of the molecule is CC(C)(C)OC(=O)NCC(=O)NCCNC(=O)CC1CCCCC1. The van der Waals surface area contributed by atoms with E-state index in [1.165, 1.54) is 19.3 Å². The second-order valence-corrected chi connectivity index (χ2v) is 7.26. The van der Waals surface area contributed by atoms with Crippen LogP contribution in [0.15, 0.2) is 0 Å². The first-order chi connectivity index (χ1) is 11.3. The van der Waals surface area contributed by atoms with E-state index < -0.39 is 11.7 Å². The van der Waals surface area contributed by atoms with E-state index in [0.717, 1.165) is 12.8 Å². The minimum Gasteiger partial charge on any atom is -0.444 e. The van der Waals surface area contributed by atoms with Crippen LogP contribution in [0.4, 0.5) is 4.79 Å². The summed E-state index contributed by atoms with van der Waals surface area (Å²) in [6.45, 7) is 5.84. The van der Waals surface area contributed by atoms with Gasteiger partial charge in [0.25, 0.3) is 0 Å². The lowest BCUT2D eigenvalue weighted by Crippen LogP contribution is -2.42. The maximum atomic E-state index is 11.8. The van der Waals surface area contributed by atoms with Crippen molar-refractivity contribution in [3.8, 4) is 0 Å². The molecular weight excluding hydrogens is 310 g/mol. The van der Waals surface area contributed by atoms with Crippen molar-refractivity contribution >= 4 is 17.9 Å². The molecule has 0 unspecified atom stereocenters. The Bertz CT molecular complexity index is 426. The number of hydrogen-bond donors (Lipinski definition) is 3. The van der Waals surface area contributed by atoms with E-state index in [-0.39, 0.29) is 18.4 Å². The van der Waals surface area contributed by atoms with Crippen molar-refractivity contribution in [2.24, 2.45) is 5.92 Å². The summed E-state index contributed by atoms with van der Waals surface area (Å²) in [7, 11) is 0. The predicted octanol–water partition coefficient (Wildman–Crippen LogP) is 1.71. The van der Waals surface area contributed by atoms with Crippen LogP contribution < -0.4 is 16.0 Å². The van der Waals surface area contributed by atoms with Crippen molar-refractivity contribution in [3.63, 3.8) is 0 Å². The molecule has 7 heteroatoms. The van der Waals surface area contributed by atoms with Gasteiger partial charge in [-0.1, -0.05) is 19.3 Å². The Morgan fingerprint density at radius 2 is 1.50 bits per heavy atom. The highest BCUT2D eigenvalue weighted by atomic mass is 16.6. The second-order valence-electron chi connectivity index (χ2n) is 7.26. The topological polar surface area (TPSA) is 96.5 Å². The van der Waals surface area contributed by atoms with E-state index in [0.29, 0.717) is 25.4 Å². The summed E-state index contributed by atoms with van der Waals surface area (Å²) < 4.78 is 5.03. The molecule has 1 fully saturated rings. The quantitative estimate of drug-likeness (QED) is 0.614. The van der Waals surface area contributed by atoms with Crippen molar-refractivity contribution in [1.82, 2.24) is 16.0 Å². The van der Waals surface area contributed by atoms with Gasteiger partial charge in [0.15, 0.2) is 0 Å². The number of alkyl carbamates (subject to hydrolysis) is 1. The highest BCUT2D eigenvalue weighted by Crippen LogP contribution is 2.25. The monoisotopic (exact) mass is 341 g/mol. The third-order valence-electron chi connectivity index (χ3n) is 3.76. The molecule has 0 aliphatic heterocycles. The summed E-state index contributed by atoms with van der Waals surface area (Å²) >= 11 is 0. The lowest BCUT2D eigenvalue weighted by Gasteiger charge is -2.20. The molecule has 1 rings (SSSR count). The van der Waals surface area contributed by atoms with Crippen molar-refractivity contribution in [3.05, 3.63) is 0 Å². The summed E-state index contributed by atoms with van der Waals surface area (Å²) in [4.78, 5) is 34.8. The molecule has 0 aromatic heterocycles. The zero-order chi connectivity index (χ0) is 18.0. The van der Waals surface area contributed by atoms with Gasteiger partial charge in [0.05, 0.1) is 6.54 Å². The normalized spacial score (nSPS) is 15.5. The molecule has 1 aliphatic rings. The smallest absolute Gasteiger partial charge is 0.408 e. The van der Waals surface area contributed by atoms with Crippen LogP contribution in [0.5, 0.6) is 0 Å². The fourth-order valence-electron chi connectivity index (χ4n) is 2.66. The molecule has 7 nitrogen and oxygen atoms in total. The minimum atomic E-state index is -0.626. The zero-order valence-corrected chi connectivity index (χ0v) is 15.1. The van der Waals surface area contributed by atoms with Crippen LogP contribution in [0.2, 0.25) is 0 Å². The van der Waals surface area contributed by atoms with Gasteiger partial charge in [-0.05, 0) is 39.5 Å². The summed E-state index contributed by atoms with van der Waals surface area (Å²) in [6, 6.07) is 0. The predicted molar refractivity (Wildman–Crippen MR) is 91.4 cm³/mol. The molecule has 0 atom stereocenters. The van der Waals surface area contributed by atoms with Crippen molar-refractivity contribution in [2.45, 2.75) is 64.9 Å². The lowest BCUT2D eigenvalue weighted by molar-refractivity contribution is -0.123. The highest BCUT2D eigenvalue weighted by molar-refractivity contribution is 5.82. The number of carbonyl (C=O) groups is 3. The van der Waals surface area contributed by atoms with Crippen LogP contribution in [0.25, 0.3) is 0 Å². The Morgan fingerprint density at radius 1 is 0.917 bits per heavy atom. The van der Waals surface area contributed by atoms with E-state index in [1.807, 2.05) is 0 Å². The molecule has 138 valence electrons. The number of hydrogen-bond acceptors (Lipinski definition) is 4. The molecule has 1 aliphatic carbocycles. The zero-order valence-electron chi connectivity index (χ0n) is 15.1. The fraction of sp³-hybridized carbons (Fsp3) is 0.824. The van der Waals surface area contributed by atoms with E-state index in [4.69, 9.17) is 4.74 Å². The number of ether oxygens (including phenoxy) is 1. The molecule has 0 aromatic rings. The summed E-state index contributed by atoms with van der Waals surface area (Å²) in [6.07, 6.45) is 5.95. The Labute approximate surface area is 144 Å². The molecular formula is C17H31N3O4. The van der Waals surface area contributed by atoms with Gasteiger partial charge in [0.1, 0.15) is 5.60 Å². The van der Waals surface area contributed by atoms with Gasteiger partial charge in [-0.15, -0.1) is 0 Å². The van der Waals surface area contributed by atoms with Crippen LogP contribution in [-0.4, -0.2) is 43.1 Å². The lowest BCUT2D eigenvalue weighted by atomic mass is 9.87. The molecule has 1 saturated carbocycles. The third-order valence-corrected chi connectivity index (χ3v) is 3.76. The van der Waals surface area contributed by atoms with E-state index in [2.05, 4.69) is 16.0 Å². The van der Waals surface area contributed by atoms with Gasteiger partial charge in [-0.3, -0.25) is 9.59 Å². The molecule has 0 spiro atoms. The van der Waals surface area contributed by atoms with Crippen LogP contribution in [0.3, 0.4) is 0 Å². The van der Waals surface area contributed by atoms with Gasteiger partial charge in [-0.25, -0.2) is 4.79 Å². The van der Waals surface area contributed by atoms with Crippen LogP contribution >= 0.6 is 0 Å².